The van der Waals surface area contributed by atoms with Crippen LogP contribution in [0.25, 0.3) is 0 Å². The Morgan fingerprint density at radius 3 is 2.36 bits per heavy atom. The first-order chi connectivity index (χ1) is 10.3. The molecule has 2 aromatic carbocycles. The fourth-order valence-corrected chi connectivity index (χ4v) is 3.18. The Balaban J connectivity index is 2.29. The second-order valence-corrected chi connectivity index (χ2v) is 6.82. The fraction of sp³-hybridized carbons (Fsp3) is 0.0714. The van der Waals surface area contributed by atoms with Gasteiger partial charge in [0.25, 0.3) is 10.0 Å². The Labute approximate surface area is 135 Å². The third kappa shape index (κ3) is 3.58. The molecule has 22 heavy (non-hydrogen) atoms. The molecule has 0 aliphatic carbocycles. The van der Waals surface area contributed by atoms with Crippen molar-refractivity contribution in [3.05, 3.63) is 52.5 Å². The van der Waals surface area contributed by atoms with Gasteiger partial charge in [0.15, 0.2) is 0 Å². The van der Waals surface area contributed by atoms with Gasteiger partial charge in [-0.2, -0.15) is 0 Å². The zero-order valence-corrected chi connectivity index (χ0v) is 13.8. The smallest absolute Gasteiger partial charge is 0.335 e. The topological polar surface area (TPSA) is 92.7 Å². The number of rotatable bonds is 5. The molecule has 116 valence electrons. The van der Waals surface area contributed by atoms with Crippen molar-refractivity contribution in [2.75, 3.05) is 11.8 Å². The van der Waals surface area contributed by atoms with Crippen LogP contribution in [0.5, 0.6) is 5.75 Å². The lowest BCUT2D eigenvalue weighted by molar-refractivity contribution is 0.0697. The van der Waals surface area contributed by atoms with Gasteiger partial charge in [0.05, 0.1) is 22.0 Å². The molecule has 0 aliphatic heterocycles. The highest BCUT2D eigenvalue weighted by atomic mass is 79.9. The Kier molecular flexibility index (Phi) is 4.72. The Morgan fingerprint density at radius 1 is 1.18 bits per heavy atom. The standard InChI is InChI=1S/C14H12BrNO5S/c1-21-13-8-11(6-7-12(13)15)22(19,20)16-10-4-2-9(3-5-10)14(17)18/h2-8,16H,1H3,(H,17,18). The van der Waals surface area contributed by atoms with Crippen molar-refractivity contribution in [3.63, 3.8) is 0 Å². The number of carboxylic acids is 1. The van der Waals surface area contributed by atoms with Crippen LogP contribution in [-0.2, 0) is 10.0 Å². The Hall–Kier alpha value is -2.06. The van der Waals surface area contributed by atoms with Gasteiger partial charge in [-0.15, -0.1) is 0 Å². The van der Waals surface area contributed by atoms with E-state index in [1.165, 1.54) is 43.5 Å². The monoisotopic (exact) mass is 385 g/mol. The highest BCUT2D eigenvalue weighted by Crippen LogP contribution is 2.28. The van der Waals surface area contributed by atoms with Crippen molar-refractivity contribution in [1.82, 2.24) is 0 Å². The Morgan fingerprint density at radius 2 is 1.82 bits per heavy atom. The number of sulfonamides is 1. The molecule has 0 aromatic heterocycles. The van der Waals surface area contributed by atoms with E-state index in [9.17, 15) is 13.2 Å². The molecule has 0 amide bonds. The van der Waals surface area contributed by atoms with E-state index in [4.69, 9.17) is 9.84 Å². The third-order valence-corrected chi connectivity index (χ3v) is 4.85. The van der Waals surface area contributed by atoms with Crippen LogP contribution in [0.1, 0.15) is 10.4 Å². The molecule has 8 heteroatoms. The first-order valence-corrected chi connectivity index (χ1v) is 8.31. The summed E-state index contributed by atoms with van der Waals surface area (Å²) in [5.74, 6) is -0.684. The first kappa shape index (κ1) is 16.3. The van der Waals surface area contributed by atoms with Crippen LogP contribution in [0.3, 0.4) is 0 Å². The van der Waals surface area contributed by atoms with Gasteiger partial charge in [0, 0.05) is 11.8 Å². The summed E-state index contributed by atoms with van der Waals surface area (Å²) in [4.78, 5) is 10.8. The molecule has 0 aliphatic rings. The molecule has 2 N–H and O–H groups in total. The molecule has 2 rings (SSSR count). The maximum Gasteiger partial charge on any atom is 0.335 e. The highest BCUT2D eigenvalue weighted by molar-refractivity contribution is 9.10. The van der Waals surface area contributed by atoms with Crippen molar-refractivity contribution >= 4 is 37.6 Å². The van der Waals surface area contributed by atoms with E-state index in [0.717, 1.165) is 0 Å². The zero-order valence-electron chi connectivity index (χ0n) is 11.4. The molecule has 0 saturated carbocycles. The van der Waals surface area contributed by atoms with Crippen LogP contribution < -0.4 is 9.46 Å². The third-order valence-electron chi connectivity index (χ3n) is 2.82. The van der Waals surface area contributed by atoms with Crippen LogP contribution in [-0.4, -0.2) is 26.6 Å². The Bertz CT molecular complexity index is 802. The molecular formula is C14H12BrNO5S. The van der Waals surface area contributed by atoms with E-state index in [1.807, 2.05) is 0 Å². The fourth-order valence-electron chi connectivity index (χ4n) is 1.70. The van der Waals surface area contributed by atoms with E-state index in [-0.39, 0.29) is 16.1 Å². The van der Waals surface area contributed by atoms with Crippen molar-refractivity contribution < 1.29 is 23.1 Å². The number of aromatic carboxylic acids is 1. The molecule has 2 aromatic rings. The van der Waals surface area contributed by atoms with Crippen molar-refractivity contribution in [2.45, 2.75) is 4.90 Å². The lowest BCUT2D eigenvalue weighted by Gasteiger charge is -2.10. The normalized spacial score (nSPS) is 11.0. The predicted molar refractivity (Wildman–Crippen MR) is 84.9 cm³/mol. The molecule has 0 saturated heterocycles. The molecular weight excluding hydrogens is 374 g/mol. The number of carboxylic acid groups (broad SMARTS) is 1. The summed E-state index contributed by atoms with van der Waals surface area (Å²) in [6.45, 7) is 0. The minimum absolute atomic E-state index is 0.0369. The zero-order chi connectivity index (χ0) is 16.3. The van der Waals surface area contributed by atoms with Gasteiger partial charge in [0.2, 0.25) is 0 Å². The van der Waals surface area contributed by atoms with E-state index in [1.54, 1.807) is 6.07 Å². The average molecular weight is 386 g/mol. The molecule has 0 fully saturated rings. The van der Waals surface area contributed by atoms with E-state index in [2.05, 4.69) is 20.7 Å². The van der Waals surface area contributed by atoms with Gasteiger partial charge < -0.3 is 9.84 Å². The lowest BCUT2D eigenvalue weighted by atomic mass is 10.2. The summed E-state index contributed by atoms with van der Waals surface area (Å²) in [6.07, 6.45) is 0. The number of anilines is 1. The van der Waals surface area contributed by atoms with Gasteiger partial charge >= 0.3 is 5.97 Å². The molecule has 0 spiro atoms. The van der Waals surface area contributed by atoms with E-state index >= 15 is 0 Å². The van der Waals surface area contributed by atoms with Crippen LogP contribution in [0.15, 0.2) is 51.8 Å². The number of nitrogens with one attached hydrogen (secondary N) is 1. The maximum atomic E-state index is 12.3. The number of benzene rings is 2. The van der Waals surface area contributed by atoms with E-state index < -0.39 is 16.0 Å². The molecule has 0 radical (unpaired) electrons. The summed E-state index contributed by atoms with van der Waals surface area (Å²) >= 11 is 3.25. The van der Waals surface area contributed by atoms with Crippen LogP contribution in [0, 0.1) is 0 Å². The average Bonchev–Trinajstić information content (AvgIpc) is 2.47. The molecule has 0 unspecified atom stereocenters. The largest absolute Gasteiger partial charge is 0.496 e. The minimum Gasteiger partial charge on any atom is -0.496 e. The number of halogens is 1. The molecule has 0 bridgehead atoms. The molecule has 0 atom stereocenters. The summed E-state index contributed by atoms with van der Waals surface area (Å²) in [5.41, 5.74) is 0.347. The predicted octanol–water partition coefficient (Wildman–Crippen LogP) is 2.96. The number of ether oxygens (including phenoxy) is 1. The molecule has 0 heterocycles. The first-order valence-electron chi connectivity index (χ1n) is 6.03. The van der Waals surface area contributed by atoms with Gasteiger partial charge in [-0.25, -0.2) is 13.2 Å². The second kappa shape index (κ2) is 6.37. The van der Waals surface area contributed by atoms with Gasteiger partial charge in [0.1, 0.15) is 5.75 Å². The van der Waals surface area contributed by atoms with Crippen molar-refractivity contribution in [3.8, 4) is 5.75 Å². The van der Waals surface area contributed by atoms with Gasteiger partial charge in [-0.1, -0.05) is 0 Å². The maximum absolute atomic E-state index is 12.3. The summed E-state index contributed by atoms with van der Waals surface area (Å²) in [7, 11) is -2.36. The number of hydrogen-bond donors (Lipinski definition) is 2. The van der Waals surface area contributed by atoms with Crippen LogP contribution >= 0.6 is 15.9 Å². The number of carbonyl (C=O) groups is 1. The molecule has 6 nitrogen and oxygen atoms in total. The lowest BCUT2D eigenvalue weighted by Crippen LogP contribution is -2.13. The van der Waals surface area contributed by atoms with Gasteiger partial charge in [-0.05, 0) is 52.3 Å². The van der Waals surface area contributed by atoms with Crippen LogP contribution in [0.2, 0.25) is 0 Å². The second-order valence-electron chi connectivity index (χ2n) is 4.28. The van der Waals surface area contributed by atoms with Gasteiger partial charge in [-0.3, -0.25) is 4.72 Å². The summed E-state index contributed by atoms with van der Waals surface area (Å²) in [6, 6.07) is 9.80. The van der Waals surface area contributed by atoms with Crippen LogP contribution in [0.4, 0.5) is 5.69 Å². The minimum atomic E-state index is -3.79. The SMILES string of the molecule is COc1cc(S(=O)(=O)Nc2ccc(C(=O)O)cc2)ccc1Br. The number of methoxy groups -OCH3 is 1. The quantitative estimate of drug-likeness (QED) is 0.824. The van der Waals surface area contributed by atoms with Crippen molar-refractivity contribution in [1.29, 1.82) is 0 Å². The summed E-state index contributed by atoms with van der Waals surface area (Å²) in [5, 5.41) is 8.81. The summed E-state index contributed by atoms with van der Waals surface area (Å²) < 4.78 is 32.7. The van der Waals surface area contributed by atoms with E-state index in [0.29, 0.717) is 10.2 Å². The number of hydrogen-bond acceptors (Lipinski definition) is 4. The van der Waals surface area contributed by atoms with Crippen molar-refractivity contribution in [2.24, 2.45) is 0 Å². The highest BCUT2D eigenvalue weighted by Gasteiger charge is 2.16.